The van der Waals surface area contributed by atoms with Crippen molar-refractivity contribution in [2.45, 2.75) is 4.90 Å². The lowest BCUT2D eigenvalue weighted by molar-refractivity contribution is 0.425. The van der Waals surface area contributed by atoms with Crippen molar-refractivity contribution in [3.05, 3.63) is 35.4 Å². The Bertz CT molecular complexity index is 531. The molecular weight excluding hydrogens is 242 g/mol. The van der Waals surface area contributed by atoms with Gasteiger partial charge in [-0.2, -0.15) is 0 Å². The maximum absolute atomic E-state index is 9.27. The fourth-order valence-corrected chi connectivity index (χ4v) is 2.72. The molecule has 2 aromatic carbocycles. The van der Waals surface area contributed by atoms with Gasteiger partial charge in [-0.15, -0.1) is 11.8 Å². The Morgan fingerprint density at radius 3 is 2.56 bits per heavy atom. The Morgan fingerprint density at radius 1 is 1.19 bits per heavy atom. The van der Waals surface area contributed by atoms with Crippen molar-refractivity contribution >= 4 is 46.7 Å². The molecule has 0 saturated heterocycles. The van der Waals surface area contributed by atoms with Gasteiger partial charge >= 0.3 is 7.12 Å². The van der Waals surface area contributed by atoms with Gasteiger partial charge in [-0.1, -0.05) is 29.8 Å². The zero-order valence-corrected chi connectivity index (χ0v) is 10.2. The molecule has 0 aromatic heterocycles. The molecular formula is C11H10BClO2S. The lowest BCUT2D eigenvalue weighted by Gasteiger charge is -2.10. The van der Waals surface area contributed by atoms with Crippen LogP contribution in [-0.4, -0.2) is 23.4 Å². The van der Waals surface area contributed by atoms with Crippen LogP contribution in [0.2, 0.25) is 5.02 Å². The predicted octanol–water partition coefficient (Wildman–Crippen LogP) is 1.89. The average Bonchev–Trinajstić information content (AvgIpc) is 2.26. The van der Waals surface area contributed by atoms with Crippen LogP contribution in [-0.2, 0) is 0 Å². The molecule has 0 aliphatic rings. The van der Waals surface area contributed by atoms with Crippen molar-refractivity contribution in [3.8, 4) is 0 Å². The minimum Gasteiger partial charge on any atom is -0.423 e. The van der Waals surface area contributed by atoms with Gasteiger partial charge in [0.2, 0.25) is 0 Å². The maximum Gasteiger partial charge on any atom is 0.489 e. The first-order valence-electron chi connectivity index (χ1n) is 4.76. The van der Waals surface area contributed by atoms with Crippen LogP contribution in [0, 0.1) is 0 Å². The monoisotopic (exact) mass is 252 g/mol. The van der Waals surface area contributed by atoms with Gasteiger partial charge in [-0.05, 0) is 34.6 Å². The van der Waals surface area contributed by atoms with Gasteiger partial charge in [-0.25, -0.2) is 0 Å². The molecule has 0 aliphatic heterocycles. The summed E-state index contributed by atoms with van der Waals surface area (Å²) in [5.41, 5.74) is 0.530. The van der Waals surface area contributed by atoms with Crippen LogP contribution in [0.5, 0.6) is 0 Å². The Labute approximate surface area is 103 Å². The van der Waals surface area contributed by atoms with Gasteiger partial charge in [0.25, 0.3) is 0 Å². The summed E-state index contributed by atoms with van der Waals surface area (Å²) in [6.45, 7) is 0. The van der Waals surface area contributed by atoms with Crippen molar-refractivity contribution in [1.82, 2.24) is 0 Å². The molecule has 0 saturated carbocycles. The summed E-state index contributed by atoms with van der Waals surface area (Å²) in [5.74, 6) is 0. The number of fused-ring (bicyclic) bond motifs is 1. The largest absolute Gasteiger partial charge is 0.489 e. The van der Waals surface area contributed by atoms with E-state index in [0.717, 1.165) is 15.7 Å². The van der Waals surface area contributed by atoms with E-state index in [0.29, 0.717) is 10.5 Å². The Morgan fingerprint density at radius 2 is 1.94 bits per heavy atom. The number of hydrogen-bond acceptors (Lipinski definition) is 3. The summed E-state index contributed by atoms with van der Waals surface area (Å²) in [6.07, 6.45) is 1.91. The number of benzene rings is 2. The minimum atomic E-state index is -1.44. The number of thioether (sulfide) groups is 1. The van der Waals surface area contributed by atoms with Crippen LogP contribution in [0.15, 0.2) is 35.2 Å². The first-order valence-corrected chi connectivity index (χ1v) is 6.36. The second-order valence-corrected chi connectivity index (χ2v) is 4.68. The van der Waals surface area contributed by atoms with Gasteiger partial charge in [0.15, 0.2) is 0 Å². The van der Waals surface area contributed by atoms with Crippen LogP contribution in [0.1, 0.15) is 0 Å². The molecule has 16 heavy (non-hydrogen) atoms. The molecule has 0 spiro atoms. The normalized spacial score (nSPS) is 10.8. The van der Waals surface area contributed by atoms with E-state index < -0.39 is 7.12 Å². The molecule has 0 unspecified atom stereocenters. The molecule has 0 aliphatic carbocycles. The average molecular weight is 253 g/mol. The molecule has 5 heteroatoms. The molecule has 82 valence electrons. The smallest absolute Gasteiger partial charge is 0.423 e. The third kappa shape index (κ3) is 2.06. The second-order valence-electron chi connectivity index (χ2n) is 3.43. The first-order chi connectivity index (χ1) is 7.63. The highest BCUT2D eigenvalue weighted by Crippen LogP contribution is 2.27. The van der Waals surface area contributed by atoms with Crippen molar-refractivity contribution in [2.75, 3.05) is 6.26 Å². The summed E-state index contributed by atoms with van der Waals surface area (Å²) in [7, 11) is -1.44. The van der Waals surface area contributed by atoms with E-state index in [1.54, 1.807) is 12.1 Å². The van der Waals surface area contributed by atoms with Crippen LogP contribution in [0.3, 0.4) is 0 Å². The maximum atomic E-state index is 9.27. The molecule has 0 heterocycles. The molecule has 0 atom stereocenters. The number of hydrogen-bond donors (Lipinski definition) is 2. The zero-order valence-electron chi connectivity index (χ0n) is 8.64. The van der Waals surface area contributed by atoms with Gasteiger partial charge < -0.3 is 10.0 Å². The van der Waals surface area contributed by atoms with Crippen molar-refractivity contribution in [1.29, 1.82) is 0 Å². The quantitative estimate of drug-likeness (QED) is 0.633. The lowest BCUT2D eigenvalue weighted by Crippen LogP contribution is -2.31. The van der Waals surface area contributed by atoms with E-state index in [2.05, 4.69) is 0 Å². The zero-order chi connectivity index (χ0) is 11.7. The second kappa shape index (κ2) is 4.68. The predicted molar refractivity (Wildman–Crippen MR) is 70.6 cm³/mol. The highest BCUT2D eigenvalue weighted by Gasteiger charge is 2.17. The highest BCUT2D eigenvalue weighted by molar-refractivity contribution is 7.99. The SMILES string of the molecule is CSc1c(B(O)O)ccc2cc(Cl)ccc12. The topological polar surface area (TPSA) is 40.5 Å². The Hall–Kier alpha value is -0.675. The molecule has 0 fully saturated rings. The van der Waals surface area contributed by atoms with Crippen molar-refractivity contribution in [2.24, 2.45) is 0 Å². The first kappa shape index (κ1) is 11.8. The highest BCUT2D eigenvalue weighted by atomic mass is 35.5. The van der Waals surface area contributed by atoms with E-state index in [9.17, 15) is 10.0 Å². The van der Waals surface area contributed by atoms with Crippen LogP contribution in [0.25, 0.3) is 10.8 Å². The molecule has 0 radical (unpaired) electrons. The van der Waals surface area contributed by atoms with E-state index in [1.807, 2.05) is 24.5 Å². The van der Waals surface area contributed by atoms with Gasteiger partial charge in [0, 0.05) is 9.92 Å². The van der Waals surface area contributed by atoms with E-state index >= 15 is 0 Å². The lowest BCUT2D eigenvalue weighted by atomic mass is 9.79. The Kier molecular flexibility index (Phi) is 3.45. The summed E-state index contributed by atoms with van der Waals surface area (Å²) in [6, 6.07) is 9.13. The fraction of sp³-hybridized carbons (Fsp3) is 0.0909. The minimum absolute atomic E-state index is 0.530. The summed E-state index contributed by atoms with van der Waals surface area (Å²) in [5, 5.41) is 21.2. The summed E-state index contributed by atoms with van der Waals surface area (Å²) in [4.78, 5) is 0.879. The van der Waals surface area contributed by atoms with Gasteiger partial charge in [0.1, 0.15) is 0 Å². The molecule has 0 amide bonds. The number of halogens is 1. The van der Waals surface area contributed by atoms with E-state index in [1.165, 1.54) is 11.8 Å². The molecule has 2 rings (SSSR count). The van der Waals surface area contributed by atoms with Crippen molar-refractivity contribution < 1.29 is 10.0 Å². The van der Waals surface area contributed by atoms with Crippen LogP contribution >= 0.6 is 23.4 Å². The molecule has 2 aromatic rings. The fourth-order valence-electron chi connectivity index (χ4n) is 1.72. The van der Waals surface area contributed by atoms with Gasteiger partial charge in [0.05, 0.1) is 0 Å². The molecule has 2 N–H and O–H groups in total. The van der Waals surface area contributed by atoms with Crippen LogP contribution in [0.4, 0.5) is 0 Å². The standard InChI is InChI=1S/C11H10BClO2S/c1-16-11-9-4-3-8(13)6-7(9)2-5-10(11)12(14)15/h2-6,14-15H,1H3. The third-order valence-electron chi connectivity index (χ3n) is 2.45. The van der Waals surface area contributed by atoms with Crippen molar-refractivity contribution in [3.63, 3.8) is 0 Å². The summed E-state index contributed by atoms with van der Waals surface area (Å²) < 4.78 is 0. The van der Waals surface area contributed by atoms with Gasteiger partial charge in [-0.3, -0.25) is 0 Å². The van der Waals surface area contributed by atoms with E-state index in [-0.39, 0.29) is 0 Å². The summed E-state index contributed by atoms with van der Waals surface area (Å²) >= 11 is 7.41. The third-order valence-corrected chi connectivity index (χ3v) is 3.54. The van der Waals surface area contributed by atoms with Crippen LogP contribution < -0.4 is 5.46 Å². The molecule has 0 bridgehead atoms. The molecule has 2 nitrogen and oxygen atoms in total. The Balaban J connectivity index is 2.75. The van der Waals surface area contributed by atoms with E-state index in [4.69, 9.17) is 11.6 Å². The number of rotatable bonds is 2.